The van der Waals surface area contributed by atoms with Crippen LogP contribution in [0, 0.1) is 0 Å². The molecule has 0 atom stereocenters. The quantitative estimate of drug-likeness (QED) is 0.507. The van der Waals surface area contributed by atoms with Gasteiger partial charge in [0.1, 0.15) is 0 Å². The van der Waals surface area contributed by atoms with Gasteiger partial charge >= 0.3 is 11.9 Å². The van der Waals surface area contributed by atoms with Gasteiger partial charge in [0, 0.05) is 12.1 Å². The SMILES string of the molecule is COC(=O)C[Si](C)(C)CC(=O)OC. The monoisotopic (exact) mass is 204 g/mol. The van der Waals surface area contributed by atoms with Crippen LogP contribution in [0.4, 0.5) is 0 Å². The summed E-state index contributed by atoms with van der Waals surface area (Å²) in [6, 6.07) is 0.719. The predicted octanol–water partition coefficient (Wildman–Crippen LogP) is 1.04. The predicted molar refractivity (Wildman–Crippen MR) is 51.1 cm³/mol. The lowest BCUT2D eigenvalue weighted by Crippen LogP contribution is -2.32. The fourth-order valence-corrected chi connectivity index (χ4v) is 2.96. The van der Waals surface area contributed by atoms with Crippen LogP contribution in [-0.4, -0.2) is 34.2 Å². The lowest BCUT2D eigenvalue weighted by Gasteiger charge is -2.18. The molecule has 0 saturated heterocycles. The number of hydrogen-bond donors (Lipinski definition) is 0. The average Bonchev–Trinajstić information content (AvgIpc) is 2.02. The minimum Gasteiger partial charge on any atom is -0.469 e. The van der Waals surface area contributed by atoms with Gasteiger partial charge in [-0.25, -0.2) is 0 Å². The largest absolute Gasteiger partial charge is 0.469 e. The highest BCUT2D eigenvalue weighted by atomic mass is 28.3. The van der Waals surface area contributed by atoms with E-state index in [2.05, 4.69) is 9.47 Å². The smallest absolute Gasteiger partial charge is 0.302 e. The second-order valence-corrected chi connectivity index (χ2v) is 8.71. The first-order chi connectivity index (χ1) is 5.91. The second-order valence-electron chi connectivity index (χ2n) is 3.67. The van der Waals surface area contributed by atoms with E-state index < -0.39 is 8.07 Å². The molecule has 5 heteroatoms. The Bertz CT molecular complexity index is 180. The molecule has 13 heavy (non-hydrogen) atoms. The first-order valence-corrected chi connectivity index (χ1v) is 7.46. The fourth-order valence-electron chi connectivity index (χ4n) is 0.988. The number of carbonyl (C=O) groups is 2. The summed E-state index contributed by atoms with van der Waals surface area (Å²) in [6.07, 6.45) is 0. The van der Waals surface area contributed by atoms with Crippen LogP contribution in [0.1, 0.15) is 0 Å². The molecule has 0 rings (SSSR count). The number of hydrogen-bond acceptors (Lipinski definition) is 4. The molecule has 0 aromatic heterocycles. The third-order valence-electron chi connectivity index (χ3n) is 1.70. The summed E-state index contributed by atoms with van der Waals surface area (Å²) in [5.74, 6) is -0.499. The minimum atomic E-state index is -1.82. The molecule has 76 valence electrons. The maximum Gasteiger partial charge on any atom is 0.302 e. The van der Waals surface area contributed by atoms with Crippen LogP contribution < -0.4 is 0 Å². The van der Waals surface area contributed by atoms with Crippen LogP contribution >= 0.6 is 0 Å². The normalized spacial score (nSPS) is 10.8. The Kier molecular flexibility index (Phi) is 4.69. The number of methoxy groups -OCH3 is 2. The zero-order valence-corrected chi connectivity index (χ0v) is 9.55. The molecular weight excluding hydrogens is 188 g/mol. The van der Waals surface area contributed by atoms with Gasteiger partial charge in [0.25, 0.3) is 0 Å². The Morgan fingerprint density at radius 1 is 1.00 bits per heavy atom. The van der Waals surface area contributed by atoms with E-state index in [0.29, 0.717) is 12.1 Å². The van der Waals surface area contributed by atoms with Gasteiger partial charge in [-0.15, -0.1) is 0 Å². The van der Waals surface area contributed by atoms with Gasteiger partial charge in [0.2, 0.25) is 0 Å². The van der Waals surface area contributed by atoms with Crippen LogP contribution in [-0.2, 0) is 19.1 Å². The Morgan fingerprint density at radius 3 is 1.54 bits per heavy atom. The molecule has 0 N–H and O–H groups in total. The number of carbonyl (C=O) groups excluding carboxylic acids is 2. The van der Waals surface area contributed by atoms with E-state index in [9.17, 15) is 9.59 Å². The van der Waals surface area contributed by atoms with Gasteiger partial charge in [-0.05, 0) is 0 Å². The Labute approximate surface area is 79.2 Å². The van der Waals surface area contributed by atoms with Gasteiger partial charge in [-0.3, -0.25) is 9.59 Å². The molecular formula is C8H16O4Si. The summed E-state index contributed by atoms with van der Waals surface area (Å²) >= 11 is 0. The average molecular weight is 204 g/mol. The molecule has 0 bridgehead atoms. The van der Waals surface area contributed by atoms with Crippen molar-refractivity contribution in [2.45, 2.75) is 25.2 Å². The van der Waals surface area contributed by atoms with Gasteiger partial charge in [-0.1, -0.05) is 13.1 Å². The summed E-state index contributed by atoms with van der Waals surface area (Å²) in [5, 5.41) is 0. The second kappa shape index (κ2) is 5.01. The summed E-state index contributed by atoms with van der Waals surface area (Å²) in [5.41, 5.74) is 0. The molecule has 0 aliphatic carbocycles. The molecule has 0 heterocycles. The van der Waals surface area contributed by atoms with Gasteiger partial charge in [0.05, 0.1) is 22.3 Å². The fraction of sp³-hybridized carbons (Fsp3) is 0.750. The molecule has 0 fully saturated rings. The van der Waals surface area contributed by atoms with E-state index in [0.717, 1.165) is 0 Å². The van der Waals surface area contributed by atoms with Crippen LogP contribution in [0.15, 0.2) is 0 Å². The zero-order chi connectivity index (χ0) is 10.5. The van der Waals surface area contributed by atoms with Gasteiger partial charge in [-0.2, -0.15) is 0 Å². The van der Waals surface area contributed by atoms with Crippen molar-refractivity contribution in [2.24, 2.45) is 0 Å². The summed E-state index contributed by atoms with van der Waals surface area (Å²) in [7, 11) is 0.884. The highest BCUT2D eigenvalue weighted by molar-refractivity contribution is 6.82. The number of rotatable bonds is 4. The molecule has 0 aliphatic rings. The first-order valence-electron chi connectivity index (χ1n) is 4.05. The van der Waals surface area contributed by atoms with E-state index in [1.54, 1.807) is 0 Å². The summed E-state index contributed by atoms with van der Waals surface area (Å²) in [6.45, 7) is 3.92. The van der Waals surface area contributed by atoms with Gasteiger partial charge in [0.15, 0.2) is 0 Å². The summed E-state index contributed by atoms with van der Waals surface area (Å²) in [4.78, 5) is 21.9. The maximum absolute atomic E-state index is 11.0. The number of esters is 2. The Hall–Kier alpha value is -0.843. The molecule has 0 radical (unpaired) electrons. The van der Waals surface area contributed by atoms with Crippen molar-refractivity contribution in [1.82, 2.24) is 0 Å². The van der Waals surface area contributed by atoms with Crippen LogP contribution in [0.5, 0.6) is 0 Å². The van der Waals surface area contributed by atoms with Crippen molar-refractivity contribution >= 4 is 20.0 Å². The van der Waals surface area contributed by atoms with Crippen molar-refractivity contribution in [3.8, 4) is 0 Å². The topological polar surface area (TPSA) is 52.6 Å². The number of ether oxygens (including phenoxy) is 2. The standard InChI is InChI=1S/C8H16O4Si/c1-11-7(9)5-13(3,4)6-8(10)12-2/h5-6H2,1-4H3. The van der Waals surface area contributed by atoms with E-state index in [1.807, 2.05) is 13.1 Å². The lowest BCUT2D eigenvalue weighted by atomic mass is 10.8. The molecule has 0 aromatic carbocycles. The minimum absolute atomic E-state index is 0.249. The van der Waals surface area contributed by atoms with E-state index >= 15 is 0 Å². The van der Waals surface area contributed by atoms with Crippen molar-refractivity contribution < 1.29 is 19.1 Å². The molecule has 0 saturated carbocycles. The first kappa shape index (κ1) is 12.2. The van der Waals surface area contributed by atoms with Crippen LogP contribution in [0.3, 0.4) is 0 Å². The Morgan fingerprint density at radius 2 is 1.31 bits per heavy atom. The highest BCUT2D eigenvalue weighted by Gasteiger charge is 2.28. The maximum atomic E-state index is 11.0. The van der Waals surface area contributed by atoms with Gasteiger partial charge < -0.3 is 9.47 Å². The van der Waals surface area contributed by atoms with E-state index in [-0.39, 0.29) is 11.9 Å². The molecule has 0 unspecified atom stereocenters. The van der Waals surface area contributed by atoms with E-state index in [4.69, 9.17) is 0 Å². The molecule has 0 aromatic rings. The van der Waals surface area contributed by atoms with E-state index in [1.165, 1.54) is 14.2 Å². The molecule has 4 nitrogen and oxygen atoms in total. The van der Waals surface area contributed by atoms with Crippen molar-refractivity contribution in [3.05, 3.63) is 0 Å². The zero-order valence-electron chi connectivity index (χ0n) is 8.55. The van der Waals surface area contributed by atoms with Crippen molar-refractivity contribution in [3.63, 3.8) is 0 Å². The van der Waals surface area contributed by atoms with Crippen molar-refractivity contribution in [2.75, 3.05) is 14.2 Å². The molecule has 0 aliphatic heterocycles. The highest BCUT2D eigenvalue weighted by Crippen LogP contribution is 2.16. The van der Waals surface area contributed by atoms with Crippen molar-refractivity contribution in [1.29, 1.82) is 0 Å². The third-order valence-corrected chi connectivity index (χ3v) is 4.19. The molecule has 0 amide bonds. The summed E-state index contributed by atoms with van der Waals surface area (Å²) < 4.78 is 9.09. The third kappa shape index (κ3) is 5.40. The van der Waals surface area contributed by atoms with Crippen LogP contribution in [0.2, 0.25) is 25.2 Å². The molecule has 0 spiro atoms. The van der Waals surface area contributed by atoms with Crippen LogP contribution in [0.25, 0.3) is 0 Å². The Balaban J connectivity index is 4.07. The lowest BCUT2D eigenvalue weighted by molar-refractivity contribution is -0.138.